The first kappa shape index (κ1) is 15.1. The van der Waals surface area contributed by atoms with Crippen LogP contribution in [0, 0.1) is 24.4 Å². The van der Waals surface area contributed by atoms with Gasteiger partial charge in [-0.2, -0.15) is 0 Å². The number of aliphatic hydroxyl groups excluding tert-OH is 1. The first-order valence-corrected chi connectivity index (χ1v) is 6.08. The zero-order valence-corrected chi connectivity index (χ0v) is 11.1. The van der Waals surface area contributed by atoms with E-state index in [4.69, 9.17) is 5.11 Å². The minimum absolute atomic E-state index is 0.220. The molecule has 0 aliphatic carbocycles. The smallest absolute Gasteiger partial charge is 0.258 e. The van der Waals surface area contributed by atoms with Crippen LogP contribution in [0.15, 0.2) is 30.3 Å². The molecule has 0 radical (unpaired) electrons. The van der Waals surface area contributed by atoms with Crippen molar-refractivity contribution < 1.29 is 23.1 Å². The second-order valence-corrected chi connectivity index (χ2v) is 4.51. The number of anilines is 1. The fourth-order valence-electron chi connectivity index (χ4n) is 1.79. The fourth-order valence-corrected chi connectivity index (χ4v) is 1.79. The van der Waals surface area contributed by atoms with Crippen LogP contribution in [0.2, 0.25) is 0 Å². The van der Waals surface area contributed by atoms with E-state index in [9.17, 15) is 18.0 Å². The van der Waals surface area contributed by atoms with Gasteiger partial charge in [0.2, 0.25) is 0 Å². The van der Waals surface area contributed by atoms with E-state index in [0.717, 1.165) is 0 Å². The van der Waals surface area contributed by atoms with E-state index in [1.165, 1.54) is 6.07 Å². The first-order valence-electron chi connectivity index (χ1n) is 6.08. The maximum Gasteiger partial charge on any atom is 0.258 e. The Morgan fingerprint density at radius 1 is 1.10 bits per heavy atom. The first-order chi connectivity index (χ1) is 9.92. The molecule has 0 aliphatic rings. The lowest BCUT2D eigenvalue weighted by molar-refractivity contribution is 0.102. The lowest BCUT2D eigenvalue weighted by Crippen LogP contribution is -2.15. The van der Waals surface area contributed by atoms with E-state index in [-0.39, 0.29) is 6.61 Å². The molecule has 21 heavy (non-hydrogen) atoms. The van der Waals surface area contributed by atoms with Crippen molar-refractivity contribution >= 4 is 11.6 Å². The summed E-state index contributed by atoms with van der Waals surface area (Å²) >= 11 is 0. The number of aryl methyl sites for hydroxylation is 1. The van der Waals surface area contributed by atoms with Gasteiger partial charge in [-0.15, -0.1) is 0 Å². The minimum atomic E-state index is -1.36. The van der Waals surface area contributed by atoms with E-state index < -0.39 is 28.9 Å². The van der Waals surface area contributed by atoms with Gasteiger partial charge in [0.05, 0.1) is 12.2 Å². The monoisotopic (exact) mass is 295 g/mol. The van der Waals surface area contributed by atoms with E-state index >= 15 is 0 Å². The average Bonchev–Trinajstić information content (AvgIpc) is 2.45. The predicted molar refractivity (Wildman–Crippen MR) is 71.4 cm³/mol. The number of hydrogen-bond acceptors (Lipinski definition) is 2. The molecule has 2 rings (SSSR count). The summed E-state index contributed by atoms with van der Waals surface area (Å²) in [5.41, 5.74) is 1.00. The third-order valence-corrected chi connectivity index (χ3v) is 2.99. The van der Waals surface area contributed by atoms with Crippen molar-refractivity contribution in [1.82, 2.24) is 0 Å². The summed E-state index contributed by atoms with van der Waals surface area (Å²) in [6, 6.07) is 5.68. The number of aliphatic hydroxyl groups is 1. The second-order valence-electron chi connectivity index (χ2n) is 4.51. The number of rotatable bonds is 3. The molecule has 6 heteroatoms. The standard InChI is InChI=1S/C15H12F3NO2/c1-8-2-3-9(7-20)4-14(8)19-15(21)10-5-12(17)13(18)6-11(10)16/h2-6,20H,7H2,1H3,(H,19,21). The summed E-state index contributed by atoms with van der Waals surface area (Å²) in [7, 11) is 0. The number of amides is 1. The highest BCUT2D eigenvalue weighted by molar-refractivity contribution is 6.04. The average molecular weight is 295 g/mol. The Morgan fingerprint density at radius 3 is 2.43 bits per heavy atom. The molecule has 0 aromatic heterocycles. The molecule has 0 spiro atoms. The molecule has 0 saturated heterocycles. The van der Waals surface area contributed by atoms with Crippen LogP contribution in [0.3, 0.4) is 0 Å². The molecule has 2 N–H and O–H groups in total. The van der Waals surface area contributed by atoms with Crippen molar-refractivity contribution in [3.05, 3.63) is 64.5 Å². The Morgan fingerprint density at radius 2 is 1.76 bits per heavy atom. The number of carbonyl (C=O) groups excluding carboxylic acids is 1. The Balaban J connectivity index is 2.32. The highest BCUT2D eigenvalue weighted by Gasteiger charge is 2.17. The van der Waals surface area contributed by atoms with Crippen LogP contribution in [0.4, 0.5) is 18.9 Å². The van der Waals surface area contributed by atoms with Gasteiger partial charge < -0.3 is 10.4 Å². The van der Waals surface area contributed by atoms with Crippen LogP contribution in [0.1, 0.15) is 21.5 Å². The summed E-state index contributed by atoms with van der Waals surface area (Å²) in [5, 5.41) is 11.5. The van der Waals surface area contributed by atoms with Gasteiger partial charge in [0.1, 0.15) is 5.82 Å². The molecule has 2 aromatic rings. The minimum Gasteiger partial charge on any atom is -0.392 e. The van der Waals surface area contributed by atoms with Gasteiger partial charge in [-0.25, -0.2) is 13.2 Å². The summed E-state index contributed by atoms with van der Waals surface area (Å²) in [6.07, 6.45) is 0. The fraction of sp³-hybridized carbons (Fsp3) is 0.133. The van der Waals surface area contributed by atoms with Crippen molar-refractivity contribution in [2.24, 2.45) is 0 Å². The predicted octanol–water partition coefficient (Wildman–Crippen LogP) is 3.16. The van der Waals surface area contributed by atoms with E-state index in [0.29, 0.717) is 28.9 Å². The molecular formula is C15H12F3NO2. The number of halogens is 3. The largest absolute Gasteiger partial charge is 0.392 e. The van der Waals surface area contributed by atoms with Gasteiger partial charge in [0.15, 0.2) is 11.6 Å². The topological polar surface area (TPSA) is 49.3 Å². The van der Waals surface area contributed by atoms with Gasteiger partial charge in [0.25, 0.3) is 5.91 Å². The molecular weight excluding hydrogens is 283 g/mol. The molecule has 0 aliphatic heterocycles. The summed E-state index contributed by atoms with van der Waals surface area (Å²) in [5.74, 6) is -4.71. The van der Waals surface area contributed by atoms with Crippen molar-refractivity contribution in [3.63, 3.8) is 0 Å². The zero-order valence-electron chi connectivity index (χ0n) is 11.1. The lowest BCUT2D eigenvalue weighted by atomic mass is 10.1. The molecule has 0 fully saturated rings. The van der Waals surface area contributed by atoms with Crippen LogP contribution in [0.25, 0.3) is 0 Å². The molecule has 110 valence electrons. The Kier molecular flexibility index (Phi) is 4.28. The molecule has 0 heterocycles. The molecule has 0 atom stereocenters. The molecule has 2 aromatic carbocycles. The number of benzene rings is 2. The van der Waals surface area contributed by atoms with Crippen LogP contribution >= 0.6 is 0 Å². The maximum atomic E-state index is 13.5. The van der Waals surface area contributed by atoms with Gasteiger partial charge in [-0.3, -0.25) is 4.79 Å². The summed E-state index contributed by atoms with van der Waals surface area (Å²) in [4.78, 5) is 11.9. The van der Waals surface area contributed by atoms with Crippen molar-refractivity contribution in [2.45, 2.75) is 13.5 Å². The van der Waals surface area contributed by atoms with Gasteiger partial charge in [-0.1, -0.05) is 12.1 Å². The second kappa shape index (κ2) is 5.97. The van der Waals surface area contributed by atoms with Crippen LogP contribution in [-0.4, -0.2) is 11.0 Å². The maximum absolute atomic E-state index is 13.5. The van der Waals surface area contributed by atoms with Crippen LogP contribution < -0.4 is 5.32 Å². The number of carbonyl (C=O) groups is 1. The lowest BCUT2D eigenvalue weighted by Gasteiger charge is -2.10. The molecule has 3 nitrogen and oxygen atoms in total. The number of hydrogen-bond donors (Lipinski definition) is 2. The highest BCUT2D eigenvalue weighted by atomic mass is 19.2. The Bertz CT molecular complexity index is 702. The third kappa shape index (κ3) is 3.22. The zero-order chi connectivity index (χ0) is 15.6. The Hall–Kier alpha value is -2.34. The van der Waals surface area contributed by atoms with Crippen LogP contribution in [-0.2, 0) is 6.61 Å². The van der Waals surface area contributed by atoms with Crippen LogP contribution in [0.5, 0.6) is 0 Å². The summed E-state index contributed by atoms with van der Waals surface area (Å²) in [6.45, 7) is 1.49. The SMILES string of the molecule is Cc1ccc(CO)cc1NC(=O)c1cc(F)c(F)cc1F. The highest BCUT2D eigenvalue weighted by Crippen LogP contribution is 2.20. The van der Waals surface area contributed by atoms with E-state index in [1.54, 1.807) is 19.1 Å². The van der Waals surface area contributed by atoms with Gasteiger partial charge >= 0.3 is 0 Å². The molecule has 0 unspecified atom stereocenters. The van der Waals surface area contributed by atoms with Gasteiger partial charge in [0, 0.05) is 11.8 Å². The summed E-state index contributed by atoms with van der Waals surface area (Å²) < 4.78 is 39.5. The molecule has 1 amide bonds. The molecule has 0 bridgehead atoms. The van der Waals surface area contributed by atoms with E-state index in [2.05, 4.69) is 5.32 Å². The quantitative estimate of drug-likeness (QED) is 0.855. The Labute approximate surface area is 119 Å². The van der Waals surface area contributed by atoms with Crippen molar-refractivity contribution in [3.8, 4) is 0 Å². The van der Waals surface area contributed by atoms with E-state index in [1.807, 2.05) is 0 Å². The molecule has 0 saturated carbocycles. The number of nitrogens with one attached hydrogen (secondary N) is 1. The third-order valence-electron chi connectivity index (χ3n) is 2.99. The normalized spacial score (nSPS) is 10.5. The van der Waals surface area contributed by atoms with Gasteiger partial charge in [-0.05, 0) is 30.2 Å². The van der Waals surface area contributed by atoms with Crippen molar-refractivity contribution in [2.75, 3.05) is 5.32 Å². The van der Waals surface area contributed by atoms with Crippen molar-refractivity contribution in [1.29, 1.82) is 0 Å².